The van der Waals surface area contributed by atoms with Gasteiger partial charge in [-0.2, -0.15) is 0 Å². The minimum absolute atomic E-state index is 0.221. The molecule has 3 saturated heterocycles. The van der Waals surface area contributed by atoms with Crippen molar-refractivity contribution in [2.75, 3.05) is 26.4 Å². The van der Waals surface area contributed by atoms with Gasteiger partial charge in [0.05, 0.1) is 38.6 Å². The Kier molecular flexibility index (Phi) is 38.0. The van der Waals surface area contributed by atoms with Crippen LogP contribution in [0.3, 0.4) is 0 Å². The van der Waals surface area contributed by atoms with Gasteiger partial charge in [0.15, 0.2) is 18.9 Å². The molecule has 1 amide bonds. The van der Waals surface area contributed by atoms with E-state index in [1.165, 1.54) is 32.1 Å². The maximum Gasteiger partial charge on any atom is 0.220 e. The SMILES string of the molecule is CC/C=C\C/C=C\C/C=C\C/C=C\CCCCCCCCCCCCC(=O)NC(COC1OC(CO)C(OC2OC(CO)C(OC3OC(CO)C(O)C(O)C3O)C(O)C2O)C(O)C1O)C(O)/C=C/CC/C=C/CC/C=C/CCC. The van der Waals surface area contributed by atoms with E-state index in [1.807, 2.05) is 6.08 Å². The molecule has 17 atom stereocenters. The number of ether oxygens (including phenoxy) is 6. The van der Waals surface area contributed by atoms with Crippen LogP contribution in [0.15, 0.2) is 85.1 Å². The van der Waals surface area contributed by atoms with Crippen LogP contribution in [-0.2, 0) is 33.2 Å². The van der Waals surface area contributed by atoms with Gasteiger partial charge in [-0.1, -0.05) is 157 Å². The number of aliphatic hydroxyl groups excluding tert-OH is 11. The predicted octanol–water partition coefficient (Wildman–Crippen LogP) is 4.81. The van der Waals surface area contributed by atoms with Gasteiger partial charge in [0.25, 0.3) is 0 Å². The van der Waals surface area contributed by atoms with Gasteiger partial charge in [0, 0.05) is 6.42 Å². The molecule has 0 saturated carbocycles. The lowest BCUT2D eigenvalue weighted by molar-refractivity contribution is -0.379. The van der Waals surface area contributed by atoms with Crippen LogP contribution in [0.2, 0.25) is 0 Å². The summed E-state index contributed by atoms with van der Waals surface area (Å²) in [5, 5.41) is 120. The summed E-state index contributed by atoms with van der Waals surface area (Å²) in [6.07, 6.45) is 24.4. The lowest BCUT2D eigenvalue weighted by Gasteiger charge is -2.48. The van der Waals surface area contributed by atoms with E-state index in [0.717, 1.165) is 89.9 Å². The number of carbonyl (C=O) groups excluding carboxylic acids is 1. The summed E-state index contributed by atoms with van der Waals surface area (Å²) in [6, 6.07) is -1.00. The molecule has 0 bridgehead atoms. The quantitative estimate of drug-likeness (QED) is 0.0289. The highest BCUT2D eigenvalue weighted by molar-refractivity contribution is 5.76. The average molecular weight is 1120 g/mol. The maximum absolute atomic E-state index is 13.3. The number of amides is 1. The highest BCUT2D eigenvalue weighted by Gasteiger charge is 2.53. The van der Waals surface area contributed by atoms with Crippen LogP contribution < -0.4 is 5.32 Å². The molecule has 19 heteroatoms. The van der Waals surface area contributed by atoms with Crippen LogP contribution in [0.5, 0.6) is 0 Å². The van der Waals surface area contributed by atoms with Gasteiger partial charge in [-0.3, -0.25) is 4.79 Å². The van der Waals surface area contributed by atoms with Crippen LogP contribution in [0, 0.1) is 0 Å². The summed E-state index contributed by atoms with van der Waals surface area (Å²) >= 11 is 0. The highest BCUT2D eigenvalue weighted by Crippen LogP contribution is 2.33. The molecule has 3 rings (SSSR count). The Morgan fingerprint density at radius 1 is 0.468 bits per heavy atom. The Balaban J connectivity index is 1.48. The minimum atomic E-state index is -1.98. The second kappa shape index (κ2) is 42.7. The van der Waals surface area contributed by atoms with Crippen molar-refractivity contribution in [1.29, 1.82) is 0 Å². The zero-order chi connectivity index (χ0) is 57.6. The fourth-order valence-corrected chi connectivity index (χ4v) is 9.34. The monoisotopic (exact) mass is 1120 g/mol. The number of unbranched alkanes of at least 4 members (excludes halogenated alkanes) is 13. The average Bonchev–Trinajstić information content (AvgIpc) is 3.49. The molecular weight excluding hydrogens is 1020 g/mol. The molecule has 0 radical (unpaired) electrons. The molecule has 0 spiro atoms. The summed E-state index contributed by atoms with van der Waals surface area (Å²) in [5.74, 6) is -0.302. The Labute approximate surface area is 470 Å². The molecule has 0 aromatic rings. The second-order valence-electron chi connectivity index (χ2n) is 20.7. The normalized spacial score (nSPS) is 30.9. The van der Waals surface area contributed by atoms with Gasteiger partial charge in [0.1, 0.15) is 73.2 Å². The Hall–Kier alpha value is -3.03. The van der Waals surface area contributed by atoms with Crippen LogP contribution in [0.4, 0.5) is 0 Å². The number of allylic oxidation sites excluding steroid dienone is 13. The van der Waals surface area contributed by atoms with Crippen molar-refractivity contribution in [3.8, 4) is 0 Å². The molecule has 3 heterocycles. The van der Waals surface area contributed by atoms with E-state index in [4.69, 9.17) is 28.4 Å². The number of carbonyl (C=O) groups is 1. The number of nitrogens with one attached hydrogen (secondary N) is 1. The third-order valence-corrected chi connectivity index (χ3v) is 14.1. The summed E-state index contributed by atoms with van der Waals surface area (Å²) in [5.41, 5.74) is 0. The molecular formula is C60H101NO18. The predicted molar refractivity (Wildman–Crippen MR) is 300 cm³/mol. The minimum Gasteiger partial charge on any atom is -0.394 e. The molecule has 3 aliphatic rings. The molecule has 79 heavy (non-hydrogen) atoms. The van der Waals surface area contributed by atoms with E-state index >= 15 is 0 Å². The fraction of sp³-hybridized carbons (Fsp3) is 0.750. The van der Waals surface area contributed by atoms with Gasteiger partial charge in [-0.05, 0) is 77.0 Å². The van der Waals surface area contributed by atoms with Crippen molar-refractivity contribution in [3.05, 3.63) is 85.1 Å². The Morgan fingerprint density at radius 3 is 1.41 bits per heavy atom. The standard InChI is InChI=1S/C60H101NO18/c1-3-5-7-9-11-13-15-16-17-18-19-20-21-22-23-24-25-26-28-30-32-34-36-38-48(66)61-43(44(65)37-35-33-31-29-27-14-12-10-8-6-4-2)42-74-58-54(72)51(69)56(46(40-63)76-58)79-60-55(73)52(70)57(47(41-64)77-60)78-59-53(71)50(68)49(67)45(39-62)75-59/h5,7-8,10-11,13,16-17,19-20,27,29,35,37,43-47,49-60,62-65,67-73H,3-4,6,9,12,14-15,18,21-26,28,30-34,36,38-42H2,1-2H3,(H,61,66)/b7-5-,10-8+,13-11-,17-16-,20-19-,29-27+,37-35+. The molecule has 17 unspecified atom stereocenters. The second-order valence-corrected chi connectivity index (χ2v) is 20.7. The van der Waals surface area contributed by atoms with Crippen LogP contribution in [0.25, 0.3) is 0 Å². The largest absolute Gasteiger partial charge is 0.394 e. The van der Waals surface area contributed by atoms with Crippen molar-refractivity contribution >= 4 is 5.91 Å². The van der Waals surface area contributed by atoms with E-state index in [9.17, 15) is 61.0 Å². The smallest absolute Gasteiger partial charge is 0.220 e. The first-order chi connectivity index (χ1) is 38.3. The summed E-state index contributed by atoms with van der Waals surface area (Å²) in [4.78, 5) is 13.3. The van der Waals surface area contributed by atoms with E-state index < -0.39 is 124 Å². The molecule has 0 aromatic carbocycles. The number of hydrogen-bond acceptors (Lipinski definition) is 18. The summed E-state index contributed by atoms with van der Waals surface area (Å²) in [7, 11) is 0. The molecule has 0 aliphatic carbocycles. The Bertz CT molecular complexity index is 1770. The molecule has 3 fully saturated rings. The molecule has 19 nitrogen and oxygen atoms in total. The van der Waals surface area contributed by atoms with Crippen molar-refractivity contribution in [2.24, 2.45) is 0 Å². The summed E-state index contributed by atoms with van der Waals surface area (Å²) in [6.45, 7) is 1.46. The van der Waals surface area contributed by atoms with E-state index in [0.29, 0.717) is 12.8 Å². The maximum atomic E-state index is 13.3. The zero-order valence-corrected chi connectivity index (χ0v) is 47.1. The third kappa shape index (κ3) is 26.8. The van der Waals surface area contributed by atoms with E-state index in [2.05, 4.69) is 92.1 Å². The third-order valence-electron chi connectivity index (χ3n) is 14.1. The summed E-state index contributed by atoms with van der Waals surface area (Å²) < 4.78 is 34.1. The van der Waals surface area contributed by atoms with Crippen molar-refractivity contribution < 1.29 is 89.4 Å². The molecule has 0 aromatic heterocycles. The van der Waals surface area contributed by atoms with Gasteiger partial charge in [-0.15, -0.1) is 0 Å². The Morgan fingerprint density at radius 2 is 0.886 bits per heavy atom. The number of aliphatic hydroxyl groups is 11. The van der Waals surface area contributed by atoms with Gasteiger partial charge >= 0.3 is 0 Å². The van der Waals surface area contributed by atoms with Gasteiger partial charge in [-0.25, -0.2) is 0 Å². The topological polar surface area (TPSA) is 307 Å². The lowest BCUT2D eigenvalue weighted by atomic mass is 9.96. The van der Waals surface area contributed by atoms with Crippen LogP contribution >= 0.6 is 0 Å². The lowest BCUT2D eigenvalue weighted by Crippen LogP contribution is -2.66. The van der Waals surface area contributed by atoms with Crippen LogP contribution in [0.1, 0.15) is 155 Å². The van der Waals surface area contributed by atoms with E-state index in [1.54, 1.807) is 6.08 Å². The first kappa shape index (κ1) is 70.2. The first-order valence-corrected chi connectivity index (χ1v) is 29.3. The number of rotatable bonds is 41. The highest BCUT2D eigenvalue weighted by atomic mass is 16.8. The van der Waals surface area contributed by atoms with Crippen molar-refractivity contribution in [2.45, 2.75) is 259 Å². The zero-order valence-electron chi connectivity index (χ0n) is 47.1. The van der Waals surface area contributed by atoms with Gasteiger partial charge in [0.2, 0.25) is 5.91 Å². The van der Waals surface area contributed by atoms with E-state index in [-0.39, 0.29) is 18.9 Å². The van der Waals surface area contributed by atoms with Crippen LogP contribution in [-0.4, -0.2) is 193 Å². The van der Waals surface area contributed by atoms with Crippen molar-refractivity contribution in [3.63, 3.8) is 0 Å². The number of hydrogen-bond donors (Lipinski definition) is 12. The molecule has 3 aliphatic heterocycles. The van der Waals surface area contributed by atoms with Crippen molar-refractivity contribution in [1.82, 2.24) is 5.32 Å². The molecule has 454 valence electrons. The molecule has 12 N–H and O–H groups in total. The van der Waals surface area contributed by atoms with Gasteiger partial charge < -0.3 is 89.9 Å². The first-order valence-electron chi connectivity index (χ1n) is 29.3. The fourth-order valence-electron chi connectivity index (χ4n) is 9.34.